The summed E-state index contributed by atoms with van der Waals surface area (Å²) in [6.07, 6.45) is 1.36. The summed E-state index contributed by atoms with van der Waals surface area (Å²) in [4.78, 5) is 30.5. The Kier molecular flexibility index (Phi) is 2.60. The van der Waals surface area contributed by atoms with Gasteiger partial charge in [0.15, 0.2) is 0 Å². The first-order chi connectivity index (χ1) is 7.61. The lowest BCUT2D eigenvalue weighted by Gasteiger charge is -2.23. The fourth-order valence-corrected chi connectivity index (χ4v) is 1.68. The average Bonchev–Trinajstić information content (AvgIpc) is 2.57. The third-order valence-electron chi connectivity index (χ3n) is 2.86. The van der Waals surface area contributed by atoms with Crippen LogP contribution in [0.1, 0.15) is 17.4 Å². The van der Waals surface area contributed by atoms with Gasteiger partial charge in [-0.2, -0.15) is 0 Å². The summed E-state index contributed by atoms with van der Waals surface area (Å²) >= 11 is 0. The standard InChI is InChI=1S/C11H13N3O2/c1-8-13(2)10(15)7-14(8)11(16)9-5-3-4-6-12-9/h3-6,8H,7H2,1-2H3/t8-/m1/s1. The van der Waals surface area contributed by atoms with Crippen LogP contribution >= 0.6 is 0 Å². The normalized spacial score (nSPS) is 20.4. The monoisotopic (exact) mass is 219 g/mol. The summed E-state index contributed by atoms with van der Waals surface area (Å²) in [6, 6.07) is 5.16. The van der Waals surface area contributed by atoms with Gasteiger partial charge >= 0.3 is 0 Å². The number of aromatic nitrogens is 1. The Morgan fingerprint density at radius 1 is 1.50 bits per heavy atom. The zero-order valence-corrected chi connectivity index (χ0v) is 9.25. The number of carbonyl (C=O) groups is 2. The molecule has 2 heterocycles. The third kappa shape index (κ3) is 1.64. The van der Waals surface area contributed by atoms with E-state index in [9.17, 15) is 9.59 Å². The van der Waals surface area contributed by atoms with Gasteiger partial charge in [-0.25, -0.2) is 0 Å². The first-order valence-corrected chi connectivity index (χ1v) is 5.09. The van der Waals surface area contributed by atoms with Crippen molar-refractivity contribution in [3.63, 3.8) is 0 Å². The zero-order chi connectivity index (χ0) is 11.7. The van der Waals surface area contributed by atoms with Gasteiger partial charge in [0, 0.05) is 13.2 Å². The molecule has 1 fully saturated rings. The maximum absolute atomic E-state index is 12.0. The predicted molar refractivity (Wildman–Crippen MR) is 57.5 cm³/mol. The number of hydrogen-bond acceptors (Lipinski definition) is 3. The molecule has 84 valence electrons. The molecule has 1 aliphatic heterocycles. The molecular formula is C11H13N3O2. The van der Waals surface area contributed by atoms with E-state index < -0.39 is 0 Å². The van der Waals surface area contributed by atoms with Crippen molar-refractivity contribution in [3.8, 4) is 0 Å². The lowest BCUT2D eigenvalue weighted by atomic mass is 10.3. The van der Waals surface area contributed by atoms with E-state index >= 15 is 0 Å². The number of pyridine rings is 1. The molecule has 0 unspecified atom stereocenters. The van der Waals surface area contributed by atoms with Crippen molar-refractivity contribution in [3.05, 3.63) is 30.1 Å². The van der Waals surface area contributed by atoms with Crippen LogP contribution in [-0.4, -0.2) is 46.4 Å². The van der Waals surface area contributed by atoms with Gasteiger partial charge in [0.05, 0.1) is 0 Å². The number of hydrogen-bond donors (Lipinski definition) is 0. The fourth-order valence-electron chi connectivity index (χ4n) is 1.68. The topological polar surface area (TPSA) is 53.5 Å². The van der Waals surface area contributed by atoms with Gasteiger partial charge in [0.2, 0.25) is 5.91 Å². The van der Waals surface area contributed by atoms with Crippen LogP contribution in [0.2, 0.25) is 0 Å². The summed E-state index contributed by atoms with van der Waals surface area (Å²) < 4.78 is 0. The van der Waals surface area contributed by atoms with Gasteiger partial charge in [0.1, 0.15) is 18.4 Å². The van der Waals surface area contributed by atoms with Crippen LogP contribution in [0.15, 0.2) is 24.4 Å². The van der Waals surface area contributed by atoms with E-state index in [-0.39, 0.29) is 24.5 Å². The molecule has 0 radical (unpaired) electrons. The highest BCUT2D eigenvalue weighted by Crippen LogP contribution is 2.15. The van der Waals surface area contributed by atoms with Crippen molar-refractivity contribution in [1.29, 1.82) is 0 Å². The van der Waals surface area contributed by atoms with Crippen LogP contribution in [-0.2, 0) is 4.79 Å². The first-order valence-electron chi connectivity index (χ1n) is 5.09. The maximum atomic E-state index is 12.0. The minimum absolute atomic E-state index is 0.0446. The van der Waals surface area contributed by atoms with Crippen LogP contribution in [0, 0.1) is 0 Å². The molecule has 1 aliphatic rings. The summed E-state index contributed by atoms with van der Waals surface area (Å²) in [7, 11) is 1.69. The summed E-state index contributed by atoms with van der Waals surface area (Å²) in [6.45, 7) is 1.96. The molecule has 0 spiro atoms. The summed E-state index contributed by atoms with van der Waals surface area (Å²) in [5.74, 6) is -0.248. The quantitative estimate of drug-likeness (QED) is 0.684. The van der Waals surface area contributed by atoms with E-state index in [0.29, 0.717) is 5.69 Å². The van der Waals surface area contributed by atoms with Crippen molar-refractivity contribution in [2.45, 2.75) is 13.1 Å². The highest BCUT2D eigenvalue weighted by atomic mass is 16.2. The number of likely N-dealkylation sites (N-methyl/N-ethyl adjacent to an activating group) is 1. The summed E-state index contributed by atoms with van der Waals surface area (Å²) in [5.41, 5.74) is 0.373. The van der Waals surface area contributed by atoms with Gasteiger partial charge in [0.25, 0.3) is 5.91 Å². The van der Waals surface area contributed by atoms with E-state index in [1.807, 2.05) is 6.92 Å². The van der Waals surface area contributed by atoms with E-state index in [4.69, 9.17) is 0 Å². The Balaban J connectivity index is 2.21. The summed E-state index contributed by atoms with van der Waals surface area (Å²) in [5, 5.41) is 0. The van der Waals surface area contributed by atoms with Crippen LogP contribution in [0.5, 0.6) is 0 Å². The Morgan fingerprint density at radius 3 is 2.75 bits per heavy atom. The highest BCUT2D eigenvalue weighted by molar-refractivity contribution is 5.96. The van der Waals surface area contributed by atoms with E-state index in [2.05, 4.69) is 4.98 Å². The molecule has 2 amide bonds. The zero-order valence-electron chi connectivity index (χ0n) is 9.25. The lowest BCUT2D eigenvalue weighted by molar-refractivity contribution is -0.126. The Bertz CT molecular complexity index is 418. The van der Waals surface area contributed by atoms with Crippen LogP contribution in [0.3, 0.4) is 0 Å². The smallest absolute Gasteiger partial charge is 0.274 e. The molecule has 1 aromatic rings. The molecule has 0 bridgehead atoms. The van der Waals surface area contributed by atoms with Gasteiger partial charge < -0.3 is 9.80 Å². The highest BCUT2D eigenvalue weighted by Gasteiger charge is 2.35. The molecule has 0 aromatic carbocycles. The minimum atomic E-state index is -0.206. The number of amides is 2. The molecule has 2 rings (SSSR count). The van der Waals surface area contributed by atoms with E-state index in [0.717, 1.165) is 0 Å². The first kappa shape index (κ1) is 10.6. The second-order valence-corrected chi connectivity index (χ2v) is 3.78. The largest absolute Gasteiger partial charge is 0.324 e. The Hall–Kier alpha value is -1.91. The molecule has 0 N–H and O–H groups in total. The van der Waals surface area contributed by atoms with E-state index in [1.54, 1.807) is 36.3 Å². The lowest BCUT2D eigenvalue weighted by Crippen LogP contribution is -2.38. The van der Waals surface area contributed by atoms with E-state index in [1.165, 1.54) is 4.90 Å². The molecule has 1 saturated heterocycles. The van der Waals surface area contributed by atoms with Crippen LogP contribution < -0.4 is 0 Å². The molecule has 0 saturated carbocycles. The Labute approximate surface area is 93.7 Å². The van der Waals surface area contributed by atoms with Crippen molar-refractivity contribution < 1.29 is 9.59 Å². The van der Waals surface area contributed by atoms with Gasteiger partial charge in [-0.1, -0.05) is 6.07 Å². The van der Waals surface area contributed by atoms with Crippen molar-refractivity contribution in [1.82, 2.24) is 14.8 Å². The molecule has 5 heteroatoms. The number of carbonyl (C=O) groups excluding carboxylic acids is 2. The van der Waals surface area contributed by atoms with Crippen LogP contribution in [0.25, 0.3) is 0 Å². The van der Waals surface area contributed by atoms with Crippen LogP contribution in [0.4, 0.5) is 0 Å². The molecule has 5 nitrogen and oxygen atoms in total. The molecular weight excluding hydrogens is 206 g/mol. The Morgan fingerprint density at radius 2 is 2.25 bits per heavy atom. The number of rotatable bonds is 1. The minimum Gasteiger partial charge on any atom is -0.324 e. The number of nitrogens with zero attached hydrogens (tertiary/aromatic N) is 3. The van der Waals surface area contributed by atoms with Gasteiger partial charge in [-0.15, -0.1) is 0 Å². The van der Waals surface area contributed by atoms with Crippen molar-refractivity contribution in [2.75, 3.05) is 13.6 Å². The molecule has 0 aliphatic carbocycles. The third-order valence-corrected chi connectivity index (χ3v) is 2.86. The van der Waals surface area contributed by atoms with Gasteiger partial charge in [-0.05, 0) is 19.1 Å². The van der Waals surface area contributed by atoms with Gasteiger partial charge in [-0.3, -0.25) is 14.6 Å². The van der Waals surface area contributed by atoms with Crippen molar-refractivity contribution >= 4 is 11.8 Å². The average molecular weight is 219 g/mol. The SMILES string of the molecule is C[C@@H]1N(C)C(=O)CN1C(=O)c1ccccn1. The maximum Gasteiger partial charge on any atom is 0.274 e. The molecule has 16 heavy (non-hydrogen) atoms. The second kappa shape index (κ2) is 3.92. The van der Waals surface area contributed by atoms with Crippen molar-refractivity contribution in [2.24, 2.45) is 0 Å². The molecule has 1 atom stereocenters. The predicted octanol–water partition coefficient (Wildman–Crippen LogP) is 0.342. The molecule has 1 aromatic heterocycles. The second-order valence-electron chi connectivity index (χ2n) is 3.78. The fraction of sp³-hybridized carbons (Fsp3) is 0.364.